The van der Waals surface area contributed by atoms with Gasteiger partial charge in [0.1, 0.15) is 11.6 Å². The van der Waals surface area contributed by atoms with Gasteiger partial charge in [0.05, 0.1) is 11.1 Å². The van der Waals surface area contributed by atoms with Crippen LogP contribution in [0.5, 0.6) is 5.75 Å². The second-order valence-corrected chi connectivity index (χ2v) is 7.06. The number of ketones is 1. The molecule has 0 bridgehead atoms. The van der Waals surface area contributed by atoms with Gasteiger partial charge in [0.2, 0.25) is 0 Å². The zero-order chi connectivity index (χ0) is 18.5. The zero-order valence-corrected chi connectivity index (χ0v) is 15.7. The fourth-order valence-electron chi connectivity index (χ4n) is 2.20. The number of esters is 1. The lowest BCUT2D eigenvalue weighted by Gasteiger charge is -2.09. The molecule has 2 aromatic carbocycles. The Balaban J connectivity index is 1.87. The molecule has 0 aliphatic carbocycles. The monoisotopic (exact) mass is 430 g/mol. The highest BCUT2D eigenvalue weighted by molar-refractivity contribution is 9.10. The van der Waals surface area contributed by atoms with Gasteiger partial charge in [-0.05, 0) is 69.9 Å². The van der Waals surface area contributed by atoms with Gasteiger partial charge in [-0.25, -0.2) is 9.18 Å². The second kappa shape index (κ2) is 8.21. The molecule has 1 aromatic heterocycles. The molecule has 0 N–H and O–H groups in total. The number of halogens is 2. The summed E-state index contributed by atoms with van der Waals surface area (Å²) in [5.74, 6) is -1.67. The number of thiophene rings is 1. The first-order chi connectivity index (χ1) is 12.5. The summed E-state index contributed by atoms with van der Waals surface area (Å²) in [6, 6.07) is 14.0. The third kappa shape index (κ3) is 4.33. The maximum Gasteiger partial charge on any atom is 0.344 e. The van der Waals surface area contributed by atoms with E-state index in [-0.39, 0.29) is 11.3 Å². The third-order valence-electron chi connectivity index (χ3n) is 3.45. The number of carbonyl (C=O) groups is 2. The molecule has 0 saturated heterocycles. The van der Waals surface area contributed by atoms with E-state index >= 15 is 0 Å². The van der Waals surface area contributed by atoms with Crippen LogP contribution in [0.3, 0.4) is 0 Å². The Kier molecular flexibility index (Phi) is 5.75. The Morgan fingerprint density at radius 3 is 2.58 bits per heavy atom. The van der Waals surface area contributed by atoms with E-state index in [4.69, 9.17) is 4.74 Å². The summed E-state index contributed by atoms with van der Waals surface area (Å²) in [5, 5.41) is 1.89. The standard InChI is InChI=1S/C20H12BrFO3S/c21-17-6-2-1-5-15(17)20(24)25-19-10-7-13(22)12-16(19)18(23)9-8-14-4-3-11-26-14/h1-12H/b9-8+. The predicted octanol–water partition coefficient (Wildman–Crippen LogP) is 5.77. The van der Waals surface area contributed by atoms with Gasteiger partial charge < -0.3 is 4.74 Å². The molecule has 0 unspecified atom stereocenters. The quantitative estimate of drug-likeness (QED) is 0.223. The van der Waals surface area contributed by atoms with Crippen molar-refractivity contribution in [3.63, 3.8) is 0 Å². The fourth-order valence-corrected chi connectivity index (χ4v) is 3.26. The van der Waals surface area contributed by atoms with E-state index < -0.39 is 17.6 Å². The van der Waals surface area contributed by atoms with Crippen molar-refractivity contribution in [3.05, 3.63) is 92.3 Å². The van der Waals surface area contributed by atoms with Crippen molar-refractivity contribution < 1.29 is 18.7 Å². The largest absolute Gasteiger partial charge is 0.422 e. The smallest absolute Gasteiger partial charge is 0.344 e. The summed E-state index contributed by atoms with van der Waals surface area (Å²) in [5.41, 5.74) is 0.294. The molecule has 1 heterocycles. The second-order valence-electron chi connectivity index (χ2n) is 5.22. The Bertz CT molecular complexity index is 980. The van der Waals surface area contributed by atoms with Gasteiger partial charge in [0.25, 0.3) is 0 Å². The summed E-state index contributed by atoms with van der Waals surface area (Å²) < 4.78 is 19.5. The van der Waals surface area contributed by atoms with Gasteiger partial charge in [0, 0.05) is 9.35 Å². The maximum atomic E-state index is 13.6. The normalized spacial score (nSPS) is 10.8. The lowest BCUT2D eigenvalue weighted by Crippen LogP contribution is -2.12. The number of benzene rings is 2. The minimum Gasteiger partial charge on any atom is -0.422 e. The van der Waals surface area contributed by atoms with Crippen LogP contribution in [0.1, 0.15) is 25.6 Å². The summed E-state index contributed by atoms with van der Waals surface area (Å²) >= 11 is 4.75. The number of ether oxygens (including phenoxy) is 1. The minimum atomic E-state index is -0.639. The summed E-state index contributed by atoms with van der Waals surface area (Å²) in [4.78, 5) is 25.7. The summed E-state index contributed by atoms with van der Waals surface area (Å²) in [6.07, 6.45) is 2.97. The van der Waals surface area contributed by atoms with Crippen molar-refractivity contribution >= 4 is 45.1 Å². The van der Waals surface area contributed by atoms with E-state index in [9.17, 15) is 14.0 Å². The number of carbonyl (C=O) groups excluding carboxylic acids is 2. The lowest BCUT2D eigenvalue weighted by molar-refractivity contribution is 0.0732. The van der Waals surface area contributed by atoms with Gasteiger partial charge in [-0.3, -0.25) is 4.79 Å². The van der Waals surface area contributed by atoms with Crippen LogP contribution in [-0.2, 0) is 0 Å². The average molecular weight is 431 g/mol. The van der Waals surface area contributed by atoms with Gasteiger partial charge >= 0.3 is 5.97 Å². The van der Waals surface area contributed by atoms with Crippen LogP contribution in [0.4, 0.5) is 4.39 Å². The molecular weight excluding hydrogens is 419 g/mol. The van der Waals surface area contributed by atoms with Crippen molar-refractivity contribution in [2.75, 3.05) is 0 Å². The highest BCUT2D eigenvalue weighted by Crippen LogP contribution is 2.24. The maximum absolute atomic E-state index is 13.6. The molecule has 0 fully saturated rings. The molecule has 6 heteroatoms. The van der Waals surface area contributed by atoms with Crippen molar-refractivity contribution in [3.8, 4) is 5.75 Å². The molecule has 0 amide bonds. The number of hydrogen-bond acceptors (Lipinski definition) is 4. The van der Waals surface area contributed by atoms with Gasteiger partial charge in [-0.1, -0.05) is 18.2 Å². The van der Waals surface area contributed by atoms with E-state index in [1.165, 1.54) is 23.5 Å². The van der Waals surface area contributed by atoms with Crippen LogP contribution >= 0.6 is 27.3 Å². The first-order valence-electron chi connectivity index (χ1n) is 7.57. The SMILES string of the molecule is O=C(Oc1ccc(F)cc1C(=O)/C=C/c1cccs1)c1ccccc1Br. The third-order valence-corrected chi connectivity index (χ3v) is 4.97. The van der Waals surface area contributed by atoms with E-state index in [0.717, 1.165) is 17.0 Å². The van der Waals surface area contributed by atoms with Crippen LogP contribution in [0, 0.1) is 5.82 Å². The molecule has 3 rings (SSSR count). The number of allylic oxidation sites excluding steroid dienone is 1. The van der Waals surface area contributed by atoms with Crippen LogP contribution in [0.15, 0.2) is 70.5 Å². The molecule has 0 aliphatic rings. The summed E-state index contributed by atoms with van der Waals surface area (Å²) in [6.45, 7) is 0. The molecule has 0 spiro atoms. The molecule has 0 aliphatic heterocycles. The van der Waals surface area contributed by atoms with Crippen molar-refractivity contribution in [1.82, 2.24) is 0 Å². The topological polar surface area (TPSA) is 43.4 Å². The Hall–Kier alpha value is -2.57. The minimum absolute atomic E-state index is 0.00739. The van der Waals surface area contributed by atoms with Crippen molar-refractivity contribution in [2.45, 2.75) is 0 Å². The van der Waals surface area contributed by atoms with Crippen LogP contribution in [-0.4, -0.2) is 11.8 Å². The first-order valence-corrected chi connectivity index (χ1v) is 9.24. The van der Waals surface area contributed by atoms with Crippen molar-refractivity contribution in [2.24, 2.45) is 0 Å². The molecule has 3 nitrogen and oxygen atoms in total. The Morgan fingerprint density at radius 2 is 1.85 bits per heavy atom. The lowest BCUT2D eigenvalue weighted by atomic mass is 10.1. The van der Waals surface area contributed by atoms with Gasteiger partial charge in [-0.15, -0.1) is 11.3 Å². The number of hydrogen-bond donors (Lipinski definition) is 0. The highest BCUT2D eigenvalue weighted by Gasteiger charge is 2.17. The van der Waals surface area contributed by atoms with E-state index in [1.54, 1.807) is 30.3 Å². The van der Waals surface area contributed by atoms with Gasteiger partial charge in [0.15, 0.2) is 5.78 Å². The van der Waals surface area contributed by atoms with E-state index in [2.05, 4.69) is 15.9 Å². The zero-order valence-electron chi connectivity index (χ0n) is 13.3. The van der Waals surface area contributed by atoms with E-state index in [1.807, 2.05) is 17.5 Å². The molecule has 0 atom stereocenters. The fraction of sp³-hybridized carbons (Fsp3) is 0. The Morgan fingerprint density at radius 1 is 1.04 bits per heavy atom. The molecule has 0 radical (unpaired) electrons. The Labute approximate surface area is 161 Å². The molecule has 3 aromatic rings. The van der Waals surface area contributed by atoms with Crippen molar-refractivity contribution in [1.29, 1.82) is 0 Å². The van der Waals surface area contributed by atoms with Crippen LogP contribution in [0.25, 0.3) is 6.08 Å². The first kappa shape index (κ1) is 18.2. The summed E-state index contributed by atoms with van der Waals surface area (Å²) in [7, 11) is 0. The van der Waals surface area contributed by atoms with Gasteiger partial charge in [-0.2, -0.15) is 0 Å². The molecule has 0 saturated carbocycles. The molecule has 130 valence electrons. The molecular formula is C20H12BrFO3S. The highest BCUT2D eigenvalue weighted by atomic mass is 79.9. The van der Waals surface area contributed by atoms with E-state index in [0.29, 0.717) is 10.0 Å². The molecule has 26 heavy (non-hydrogen) atoms. The van der Waals surface area contributed by atoms with Crippen LogP contribution < -0.4 is 4.74 Å². The predicted molar refractivity (Wildman–Crippen MR) is 103 cm³/mol. The number of rotatable bonds is 5. The average Bonchev–Trinajstić information content (AvgIpc) is 3.15. The van der Waals surface area contributed by atoms with Crippen LogP contribution in [0.2, 0.25) is 0 Å².